The quantitative estimate of drug-likeness (QED) is 0.505. The molecule has 1 rings (SSSR count). The van der Waals surface area contributed by atoms with Crippen LogP contribution in [0.15, 0.2) is 4.52 Å². The maximum absolute atomic E-state index is 7.17. The summed E-state index contributed by atoms with van der Waals surface area (Å²) in [6.07, 6.45) is 0. The first-order valence-electron chi connectivity index (χ1n) is 2.36. The van der Waals surface area contributed by atoms with E-state index in [2.05, 4.69) is 9.68 Å². The van der Waals surface area contributed by atoms with Crippen molar-refractivity contribution in [3.63, 3.8) is 0 Å². The molecular weight excluding hydrogens is 104 g/mol. The van der Waals surface area contributed by atoms with Crippen molar-refractivity contribution in [3.05, 3.63) is 11.5 Å². The summed E-state index contributed by atoms with van der Waals surface area (Å²) in [6.45, 7) is 3.47. The van der Waals surface area contributed by atoms with Crippen LogP contribution < -0.4 is 5.73 Å². The van der Waals surface area contributed by atoms with E-state index in [9.17, 15) is 0 Å². The number of aromatic nitrogens is 1. The van der Waals surface area contributed by atoms with Crippen LogP contribution >= 0.6 is 0 Å². The summed E-state index contributed by atoms with van der Waals surface area (Å²) in [7, 11) is 0. The molecule has 0 amide bonds. The molecule has 43 valence electrons. The molecular formula is C5H7N2O. The monoisotopic (exact) mass is 111 g/mol. The van der Waals surface area contributed by atoms with Gasteiger partial charge in [-0.1, -0.05) is 5.16 Å². The summed E-state index contributed by atoms with van der Waals surface area (Å²) in [6, 6.07) is 0. The van der Waals surface area contributed by atoms with Crippen LogP contribution in [0.4, 0.5) is 5.69 Å². The van der Waals surface area contributed by atoms with E-state index in [0.29, 0.717) is 17.1 Å². The maximum Gasteiger partial charge on any atom is 0.158 e. The molecule has 0 atom stereocenters. The molecule has 0 spiro atoms. The molecule has 1 N–H and O–H groups in total. The second-order valence-corrected chi connectivity index (χ2v) is 1.70. The van der Waals surface area contributed by atoms with Crippen LogP contribution in [0.25, 0.3) is 0 Å². The average Bonchev–Trinajstić information content (AvgIpc) is 1.98. The third-order valence-corrected chi connectivity index (χ3v) is 1.03. The first-order chi connectivity index (χ1) is 3.72. The minimum absolute atomic E-state index is 0.407. The largest absolute Gasteiger partial charge is 0.359 e. The van der Waals surface area contributed by atoms with Crippen molar-refractivity contribution in [1.82, 2.24) is 10.9 Å². The van der Waals surface area contributed by atoms with E-state index in [-0.39, 0.29) is 0 Å². The molecule has 8 heavy (non-hydrogen) atoms. The summed E-state index contributed by atoms with van der Waals surface area (Å²) in [5.41, 5.74) is 8.23. The number of aryl methyl sites for hydroxylation is 2. The Morgan fingerprint density at radius 1 is 1.50 bits per heavy atom. The Labute approximate surface area is 47.5 Å². The fraction of sp³-hybridized carbons (Fsp3) is 0.400. The molecule has 3 heteroatoms. The molecule has 1 aromatic rings. The lowest BCUT2D eigenvalue weighted by Gasteiger charge is -1.79. The number of hydrogen-bond acceptors (Lipinski definition) is 2. The van der Waals surface area contributed by atoms with Gasteiger partial charge in [-0.25, -0.2) is 0 Å². The minimum atomic E-state index is 0.407. The molecule has 0 aliphatic rings. The standard InChI is InChI=1S/C5H7N2O/c1-3-5(6)4(2)8-7-3/h6H,1-2H3. The van der Waals surface area contributed by atoms with Crippen molar-refractivity contribution in [3.8, 4) is 0 Å². The van der Waals surface area contributed by atoms with Crippen LogP contribution in [0.1, 0.15) is 11.5 Å². The lowest BCUT2D eigenvalue weighted by Crippen LogP contribution is -1.71. The third-order valence-electron chi connectivity index (χ3n) is 1.03. The Balaban J connectivity index is 3.19. The van der Waals surface area contributed by atoms with Gasteiger partial charge in [-0.2, -0.15) is 0 Å². The van der Waals surface area contributed by atoms with E-state index in [1.807, 2.05) is 0 Å². The summed E-state index contributed by atoms with van der Waals surface area (Å²) >= 11 is 0. The van der Waals surface area contributed by atoms with Crippen LogP contribution in [-0.4, -0.2) is 5.16 Å². The van der Waals surface area contributed by atoms with E-state index in [4.69, 9.17) is 5.73 Å². The predicted molar refractivity (Wildman–Crippen MR) is 28.7 cm³/mol. The van der Waals surface area contributed by atoms with Gasteiger partial charge in [-0.05, 0) is 13.8 Å². The van der Waals surface area contributed by atoms with Gasteiger partial charge in [0.2, 0.25) is 0 Å². The Morgan fingerprint density at radius 3 is 2.25 bits per heavy atom. The fourth-order valence-electron chi connectivity index (χ4n) is 0.483. The second-order valence-electron chi connectivity index (χ2n) is 1.70. The van der Waals surface area contributed by atoms with Crippen LogP contribution in [-0.2, 0) is 0 Å². The van der Waals surface area contributed by atoms with E-state index < -0.39 is 0 Å². The lowest BCUT2D eigenvalue weighted by atomic mass is 10.3. The SMILES string of the molecule is Cc1noc(C)c1[NH]. The first kappa shape index (κ1) is 5.15. The van der Waals surface area contributed by atoms with E-state index in [1.54, 1.807) is 13.8 Å². The van der Waals surface area contributed by atoms with Gasteiger partial charge >= 0.3 is 0 Å². The van der Waals surface area contributed by atoms with Crippen molar-refractivity contribution in [1.29, 1.82) is 0 Å². The van der Waals surface area contributed by atoms with Gasteiger partial charge in [0.25, 0.3) is 0 Å². The average molecular weight is 111 g/mol. The topological polar surface area (TPSA) is 49.8 Å². The predicted octanol–water partition coefficient (Wildman–Crippen LogP) is 1.21. The smallest absolute Gasteiger partial charge is 0.158 e. The highest BCUT2D eigenvalue weighted by molar-refractivity contribution is 5.39. The minimum Gasteiger partial charge on any atom is -0.359 e. The van der Waals surface area contributed by atoms with E-state index in [0.717, 1.165) is 0 Å². The summed E-state index contributed by atoms with van der Waals surface area (Å²) in [5, 5.41) is 3.55. The molecule has 1 radical (unpaired) electrons. The Hall–Kier alpha value is -0.990. The van der Waals surface area contributed by atoms with Crippen molar-refractivity contribution >= 4 is 5.69 Å². The molecule has 0 bridgehead atoms. The van der Waals surface area contributed by atoms with Crippen molar-refractivity contribution in [2.75, 3.05) is 0 Å². The molecule has 1 aromatic heterocycles. The van der Waals surface area contributed by atoms with Gasteiger partial charge in [0, 0.05) is 0 Å². The van der Waals surface area contributed by atoms with Gasteiger partial charge in [-0.3, -0.25) is 5.73 Å². The van der Waals surface area contributed by atoms with Crippen molar-refractivity contribution in [2.24, 2.45) is 0 Å². The van der Waals surface area contributed by atoms with Gasteiger partial charge in [0.15, 0.2) is 5.76 Å². The number of nitrogens with zero attached hydrogens (tertiary/aromatic N) is 1. The normalized spacial score (nSPS) is 9.75. The molecule has 0 unspecified atom stereocenters. The zero-order chi connectivity index (χ0) is 6.15. The van der Waals surface area contributed by atoms with Crippen LogP contribution in [0.2, 0.25) is 0 Å². The zero-order valence-electron chi connectivity index (χ0n) is 4.86. The highest BCUT2D eigenvalue weighted by Crippen LogP contribution is 2.14. The summed E-state index contributed by atoms with van der Waals surface area (Å²) < 4.78 is 4.66. The zero-order valence-corrected chi connectivity index (χ0v) is 4.86. The third kappa shape index (κ3) is 0.559. The van der Waals surface area contributed by atoms with Gasteiger partial charge in [0.1, 0.15) is 11.4 Å². The molecule has 1 heterocycles. The highest BCUT2D eigenvalue weighted by Gasteiger charge is 2.02. The molecule has 0 aliphatic carbocycles. The molecule has 0 fully saturated rings. The second kappa shape index (κ2) is 1.51. The Morgan fingerprint density at radius 2 is 2.12 bits per heavy atom. The first-order valence-corrected chi connectivity index (χ1v) is 2.36. The molecule has 0 aliphatic heterocycles. The number of nitrogens with one attached hydrogen (secondary N) is 1. The number of hydrogen-bond donors (Lipinski definition) is 0. The molecule has 0 aromatic carbocycles. The van der Waals surface area contributed by atoms with Crippen LogP contribution in [0.5, 0.6) is 0 Å². The van der Waals surface area contributed by atoms with Crippen molar-refractivity contribution in [2.45, 2.75) is 13.8 Å². The van der Waals surface area contributed by atoms with E-state index >= 15 is 0 Å². The lowest BCUT2D eigenvalue weighted by molar-refractivity contribution is 0.393. The molecule has 0 saturated heterocycles. The highest BCUT2D eigenvalue weighted by atomic mass is 16.5. The fourth-order valence-corrected chi connectivity index (χ4v) is 0.483. The maximum atomic E-state index is 7.17. The van der Waals surface area contributed by atoms with Crippen molar-refractivity contribution < 1.29 is 4.52 Å². The summed E-state index contributed by atoms with van der Waals surface area (Å²) in [5.74, 6) is 0.586. The van der Waals surface area contributed by atoms with Gasteiger partial charge in [-0.15, -0.1) is 0 Å². The Bertz CT molecular complexity index is 173. The van der Waals surface area contributed by atoms with E-state index in [1.165, 1.54) is 0 Å². The Kier molecular flexibility index (Phi) is 0.970. The molecule has 3 nitrogen and oxygen atoms in total. The van der Waals surface area contributed by atoms with Gasteiger partial charge in [0.05, 0.1) is 0 Å². The van der Waals surface area contributed by atoms with Crippen LogP contribution in [0, 0.1) is 13.8 Å². The molecule has 0 saturated carbocycles. The van der Waals surface area contributed by atoms with Crippen LogP contribution in [0.3, 0.4) is 0 Å². The van der Waals surface area contributed by atoms with Gasteiger partial charge < -0.3 is 4.52 Å². The summed E-state index contributed by atoms with van der Waals surface area (Å²) in [4.78, 5) is 0. The number of rotatable bonds is 0.